The third-order valence-corrected chi connectivity index (χ3v) is 3.03. The Hall–Kier alpha value is -2.62. The van der Waals surface area contributed by atoms with Crippen LogP contribution in [0.1, 0.15) is 11.1 Å². The molecule has 0 spiro atoms. The van der Waals surface area contributed by atoms with Crippen molar-refractivity contribution in [3.8, 4) is 23.0 Å². The van der Waals surface area contributed by atoms with E-state index in [0.717, 1.165) is 11.1 Å². The monoisotopic (exact) mass is 286 g/mol. The fourth-order valence-electron chi connectivity index (χ4n) is 2.02. The zero-order chi connectivity index (χ0) is 15.2. The lowest BCUT2D eigenvalue weighted by atomic mass is 10.1. The molecule has 110 valence electrons. The molecule has 2 rings (SSSR count). The van der Waals surface area contributed by atoms with Crippen LogP contribution in [0, 0.1) is 0 Å². The van der Waals surface area contributed by atoms with Crippen molar-refractivity contribution >= 4 is 12.2 Å². The average molecular weight is 286 g/mol. The minimum Gasteiger partial charge on any atom is -0.508 e. The van der Waals surface area contributed by atoms with Gasteiger partial charge in [0.2, 0.25) is 5.75 Å². The van der Waals surface area contributed by atoms with Gasteiger partial charge < -0.3 is 19.3 Å². The zero-order valence-corrected chi connectivity index (χ0v) is 12.3. The Kier molecular flexibility index (Phi) is 4.72. The first-order chi connectivity index (χ1) is 10.2. The summed E-state index contributed by atoms with van der Waals surface area (Å²) < 4.78 is 15.9. The number of methoxy groups -OCH3 is 3. The Labute approximate surface area is 124 Å². The van der Waals surface area contributed by atoms with Crippen molar-refractivity contribution in [3.63, 3.8) is 0 Å². The normalized spacial score (nSPS) is 10.6. The largest absolute Gasteiger partial charge is 0.508 e. The number of rotatable bonds is 5. The minimum atomic E-state index is 0.238. The van der Waals surface area contributed by atoms with Crippen LogP contribution in [-0.4, -0.2) is 26.4 Å². The molecule has 2 aromatic carbocycles. The van der Waals surface area contributed by atoms with Gasteiger partial charge in [-0.2, -0.15) is 0 Å². The molecule has 0 aromatic heterocycles. The summed E-state index contributed by atoms with van der Waals surface area (Å²) in [6, 6.07) is 10.8. The summed E-state index contributed by atoms with van der Waals surface area (Å²) in [5.41, 5.74) is 1.82. The van der Waals surface area contributed by atoms with E-state index >= 15 is 0 Å². The maximum Gasteiger partial charge on any atom is 0.203 e. The van der Waals surface area contributed by atoms with Gasteiger partial charge in [-0.25, -0.2) is 0 Å². The van der Waals surface area contributed by atoms with E-state index in [1.165, 1.54) is 0 Å². The molecular weight excluding hydrogens is 268 g/mol. The van der Waals surface area contributed by atoms with Gasteiger partial charge in [-0.15, -0.1) is 0 Å². The molecule has 0 saturated carbocycles. The molecule has 0 aliphatic heterocycles. The number of ether oxygens (including phenoxy) is 3. The molecule has 0 radical (unpaired) electrons. The van der Waals surface area contributed by atoms with Gasteiger partial charge >= 0.3 is 0 Å². The van der Waals surface area contributed by atoms with E-state index in [2.05, 4.69) is 0 Å². The number of hydrogen-bond donors (Lipinski definition) is 1. The number of benzene rings is 2. The second-order valence-corrected chi connectivity index (χ2v) is 4.39. The lowest BCUT2D eigenvalue weighted by Gasteiger charge is -2.12. The van der Waals surface area contributed by atoms with Gasteiger partial charge in [-0.05, 0) is 35.4 Å². The third-order valence-electron chi connectivity index (χ3n) is 3.03. The summed E-state index contributed by atoms with van der Waals surface area (Å²) in [4.78, 5) is 0. The van der Waals surface area contributed by atoms with E-state index in [4.69, 9.17) is 14.2 Å². The highest BCUT2D eigenvalue weighted by Gasteiger charge is 2.11. The molecule has 0 aliphatic carbocycles. The van der Waals surface area contributed by atoms with Gasteiger partial charge in [0.25, 0.3) is 0 Å². The van der Waals surface area contributed by atoms with E-state index in [-0.39, 0.29) is 5.75 Å². The molecule has 0 saturated heterocycles. The van der Waals surface area contributed by atoms with Crippen LogP contribution >= 0.6 is 0 Å². The van der Waals surface area contributed by atoms with E-state index in [9.17, 15) is 5.11 Å². The van der Waals surface area contributed by atoms with Crippen LogP contribution in [0.15, 0.2) is 36.4 Å². The average Bonchev–Trinajstić information content (AvgIpc) is 2.51. The van der Waals surface area contributed by atoms with Crippen LogP contribution in [0.5, 0.6) is 23.0 Å². The first-order valence-electron chi connectivity index (χ1n) is 6.45. The standard InChI is InChI=1S/C17H18O4/c1-19-15-10-13(11-16(20-2)17(15)21-3)8-7-12-5-4-6-14(18)9-12/h4-11,18H,1-3H3/b8-7-. The van der Waals surface area contributed by atoms with Gasteiger partial charge in [0.1, 0.15) is 5.75 Å². The molecule has 0 bridgehead atoms. The molecule has 4 heteroatoms. The van der Waals surface area contributed by atoms with Crippen molar-refractivity contribution in [2.24, 2.45) is 0 Å². The summed E-state index contributed by atoms with van der Waals surface area (Å²) in [5, 5.41) is 9.45. The van der Waals surface area contributed by atoms with Gasteiger partial charge in [0, 0.05) is 0 Å². The first kappa shape index (κ1) is 14.8. The van der Waals surface area contributed by atoms with Crippen molar-refractivity contribution in [2.75, 3.05) is 21.3 Å². The molecular formula is C17H18O4. The van der Waals surface area contributed by atoms with Gasteiger partial charge in [-0.3, -0.25) is 0 Å². The first-order valence-corrected chi connectivity index (χ1v) is 6.45. The number of phenols is 1. The smallest absolute Gasteiger partial charge is 0.203 e. The number of aromatic hydroxyl groups is 1. The van der Waals surface area contributed by atoms with Crippen molar-refractivity contribution in [1.29, 1.82) is 0 Å². The SMILES string of the molecule is COc1cc(/C=C\c2cccc(O)c2)cc(OC)c1OC. The molecule has 1 N–H and O–H groups in total. The highest BCUT2D eigenvalue weighted by atomic mass is 16.5. The summed E-state index contributed by atoms with van der Waals surface area (Å²) in [6.45, 7) is 0. The van der Waals surface area contributed by atoms with Crippen LogP contribution < -0.4 is 14.2 Å². The molecule has 0 atom stereocenters. The van der Waals surface area contributed by atoms with Crippen LogP contribution in [-0.2, 0) is 0 Å². The maximum atomic E-state index is 9.45. The lowest BCUT2D eigenvalue weighted by Crippen LogP contribution is -1.95. The Balaban J connectivity index is 2.36. The summed E-state index contributed by atoms with van der Waals surface area (Å²) in [5.74, 6) is 2.01. The third kappa shape index (κ3) is 3.48. The fourth-order valence-corrected chi connectivity index (χ4v) is 2.02. The molecule has 2 aromatic rings. The summed E-state index contributed by atoms with van der Waals surface area (Å²) >= 11 is 0. The Morgan fingerprint density at radius 3 is 1.95 bits per heavy atom. The van der Waals surface area contributed by atoms with Gasteiger partial charge in [0.15, 0.2) is 11.5 Å². The Morgan fingerprint density at radius 1 is 0.810 bits per heavy atom. The predicted octanol–water partition coefficient (Wildman–Crippen LogP) is 3.59. The van der Waals surface area contributed by atoms with E-state index in [0.29, 0.717) is 17.2 Å². The maximum absolute atomic E-state index is 9.45. The lowest BCUT2D eigenvalue weighted by molar-refractivity contribution is 0.324. The van der Waals surface area contributed by atoms with Crippen molar-refractivity contribution in [2.45, 2.75) is 0 Å². The van der Waals surface area contributed by atoms with E-state index < -0.39 is 0 Å². The highest BCUT2D eigenvalue weighted by molar-refractivity contribution is 5.73. The summed E-state index contributed by atoms with van der Waals surface area (Å²) in [6.07, 6.45) is 3.82. The molecule has 0 amide bonds. The molecule has 0 fully saturated rings. The second kappa shape index (κ2) is 6.70. The highest BCUT2D eigenvalue weighted by Crippen LogP contribution is 2.38. The summed E-state index contributed by atoms with van der Waals surface area (Å²) in [7, 11) is 4.74. The fraction of sp³-hybridized carbons (Fsp3) is 0.176. The quantitative estimate of drug-likeness (QED) is 0.853. The van der Waals surface area contributed by atoms with Crippen LogP contribution in [0.4, 0.5) is 0 Å². The molecule has 0 aliphatic rings. The Bertz CT molecular complexity index is 622. The molecule has 4 nitrogen and oxygen atoms in total. The second-order valence-electron chi connectivity index (χ2n) is 4.39. The van der Waals surface area contributed by atoms with E-state index in [1.54, 1.807) is 39.5 Å². The van der Waals surface area contributed by atoms with Crippen molar-refractivity contribution in [3.05, 3.63) is 47.5 Å². The van der Waals surface area contributed by atoms with E-state index in [1.807, 2.05) is 30.4 Å². The van der Waals surface area contributed by atoms with Crippen molar-refractivity contribution in [1.82, 2.24) is 0 Å². The van der Waals surface area contributed by atoms with Crippen molar-refractivity contribution < 1.29 is 19.3 Å². The molecule has 0 unspecified atom stereocenters. The topological polar surface area (TPSA) is 47.9 Å². The van der Waals surface area contributed by atoms with Crippen LogP contribution in [0.25, 0.3) is 12.2 Å². The zero-order valence-electron chi connectivity index (χ0n) is 12.3. The number of phenolic OH excluding ortho intramolecular Hbond substituents is 1. The van der Waals surface area contributed by atoms with Gasteiger partial charge in [-0.1, -0.05) is 24.3 Å². The predicted molar refractivity (Wildman–Crippen MR) is 83.1 cm³/mol. The Morgan fingerprint density at radius 2 is 1.43 bits per heavy atom. The minimum absolute atomic E-state index is 0.238. The van der Waals surface area contributed by atoms with Crippen LogP contribution in [0.3, 0.4) is 0 Å². The molecule has 21 heavy (non-hydrogen) atoms. The molecule has 0 heterocycles. The van der Waals surface area contributed by atoms with Gasteiger partial charge in [0.05, 0.1) is 21.3 Å². The van der Waals surface area contributed by atoms with Crippen LogP contribution in [0.2, 0.25) is 0 Å². The number of hydrogen-bond acceptors (Lipinski definition) is 4.